The highest BCUT2D eigenvalue weighted by atomic mass is 16.5. The van der Waals surface area contributed by atoms with E-state index in [1.54, 1.807) is 21.0 Å². The minimum Gasteiger partial charge on any atom is -0.497 e. The number of fused-ring (bicyclic) bond motifs is 1. The Labute approximate surface area is 119 Å². The molecule has 0 fully saturated rings. The number of benzene rings is 1. The highest BCUT2D eigenvalue weighted by molar-refractivity contribution is 5.79. The van der Waals surface area contributed by atoms with E-state index < -0.39 is 11.6 Å². The molecule has 2 rings (SSSR count). The normalized spacial score (nSPS) is 21.1. The molecule has 1 aromatic carbocycles. The summed E-state index contributed by atoms with van der Waals surface area (Å²) in [4.78, 5) is 11.6. The van der Waals surface area contributed by atoms with Crippen molar-refractivity contribution in [1.29, 1.82) is 0 Å². The fourth-order valence-corrected chi connectivity index (χ4v) is 3.16. The predicted molar refractivity (Wildman–Crippen MR) is 76.1 cm³/mol. The van der Waals surface area contributed by atoms with Gasteiger partial charge in [-0.05, 0) is 48.4 Å². The van der Waals surface area contributed by atoms with Gasteiger partial charge in [-0.2, -0.15) is 0 Å². The van der Waals surface area contributed by atoms with E-state index in [1.807, 2.05) is 18.2 Å². The van der Waals surface area contributed by atoms with Crippen LogP contribution in [0, 0.1) is 5.92 Å². The molecule has 0 spiro atoms. The number of carboxylic acid groups (broad SMARTS) is 1. The van der Waals surface area contributed by atoms with E-state index in [0.717, 1.165) is 24.0 Å². The van der Waals surface area contributed by atoms with E-state index in [9.17, 15) is 15.0 Å². The maximum absolute atomic E-state index is 11.6. The molecule has 2 atom stereocenters. The number of hydrogen-bond donors (Lipinski definition) is 2. The molecule has 0 amide bonds. The smallest absolute Gasteiger partial charge is 0.336 e. The summed E-state index contributed by atoms with van der Waals surface area (Å²) in [5.74, 6) is -1.19. The molecule has 0 aliphatic heterocycles. The summed E-state index contributed by atoms with van der Waals surface area (Å²) in [6.45, 7) is 3.51. The number of ether oxygens (including phenoxy) is 1. The lowest BCUT2D eigenvalue weighted by atomic mass is 9.69. The Kier molecular flexibility index (Phi) is 4.04. The lowest BCUT2D eigenvalue weighted by molar-refractivity contribution is -0.167. The molecule has 4 heteroatoms. The van der Waals surface area contributed by atoms with E-state index in [-0.39, 0.29) is 11.8 Å². The number of carbonyl (C=O) groups is 1. The summed E-state index contributed by atoms with van der Waals surface area (Å²) in [6, 6.07) is 5.73. The summed E-state index contributed by atoms with van der Waals surface area (Å²) >= 11 is 0. The number of carboxylic acids is 1. The minimum atomic E-state index is -1.73. The molecule has 110 valence electrons. The second kappa shape index (κ2) is 5.44. The molecule has 4 nitrogen and oxygen atoms in total. The Balaban J connectivity index is 2.53. The first-order valence-corrected chi connectivity index (χ1v) is 7.03. The molecule has 1 aromatic rings. The molecule has 2 unspecified atom stereocenters. The van der Waals surface area contributed by atoms with Crippen molar-refractivity contribution in [2.24, 2.45) is 5.92 Å². The third-order valence-corrected chi connectivity index (χ3v) is 4.42. The van der Waals surface area contributed by atoms with Crippen LogP contribution in [-0.2, 0) is 11.2 Å². The quantitative estimate of drug-likeness (QED) is 0.888. The SMILES string of the molecule is COc1ccc2c(c1)C(C(O)(C(=O)O)C(C)C)CCC2. The third kappa shape index (κ3) is 2.29. The Morgan fingerprint density at radius 2 is 2.15 bits per heavy atom. The second-order valence-corrected chi connectivity index (χ2v) is 5.79. The number of aliphatic carboxylic acids is 1. The predicted octanol–water partition coefficient (Wildman–Crippen LogP) is 2.59. The van der Waals surface area contributed by atoms with Gasteiger partial charge in [-0.25, -0.2) is 4.79 Å². The molecule has 2 N–H and O–H groups in total. The summed E-state index contributed by atoms with van der Waals surface area (Å²) in [5, 5.41) is 20.3. The fourth-order valence-electron chi connectivity index (χ4n) is 3.16. The molecular weight excluding hydrogens is 256 g/mol. The molecule has 0 saturated heterocycles. The average molecular weight is 278 g/mol. The van der Waals surface area contributed by atoms with Gasteiger partial charge >= 0.3 is 5.97 Å². The van der Waals surface area contributed by atoms with E-state index >= 15 is 0 Å². The Bertz CT molecular complexity index is 509. The molecule has 1 aliphatic carbocycles. The monoisotopic (exact) mass is 278 g/mol. The van der Waals surface area contributed by atoms with Crippen molar-refractivity contribution in [2.75, 3.05) is 7.11 Å². The molecule has 0 aromatic heterocycles. The van der Waals surface area contributed by atoms with Crippen LogP contribution in [0.15, 0.2) is 18.2 Å². The van der Waals surface area contributed by atoms with Crippen LogP contribution in [0.5, 0.6) is 5.75 Å². The molecule has 0 bridgehead atoms. The maximum Gasteiger partial charge on any atom is 0.336 e. The van der Waals surface area contributed by atoms with E-state index in [0.29, 0.717) is 12.2 Å². The van der Waals surface area contributed by atoms with Crippen molar-refractivity contribution >= 4 is 5.97 Å². The summed E-state index contributed by atoms with van der Waals surface area (Å²) in [7, 11) is 1.59. The van der Waals surface area contributed by atoms with Crippen LogP contribution in [0.4, 0.5) is 0 Å². The van der Waals surface area contributed by atoms with Crippen LogP contribution in [0.2, 0.25) is 0 Å². The minimum absolute atomic E-state index is 0.359. The standard InChI is InChI=1S/C16H22O4/c1-10(2)16(19,15(17)18)14-6-4-5-11-7-8-12(20-3)9-13(11)14/h7-10,14,19H,4-6H2,1-3H3,(H,17,18). The van der Waals surface area contributed by atoms with Gasteiger partial charge in [0.15, 0.2) is 5.60 Å². The van der Waals surface area contributed by atoms with Gasteiger partial charge in [-0.1, -0.05) is 19.9 Å². The van der Waals surface area contributed by atoms with Crippen molar-refractivity contribution in [3.8, 4) is 5.75 Å². The number of methoxy groups -OCH3 is 1. The number of hydrogen-bond acceptors (Lipinski definition) is 3. The Morgan fingerprint density at radius 3 is 2.70 bits per heavy atom. The third-order valence-electron chi connectivity index (χ3n) is 4.42. The summed E-state index contributed by atoms with van der Waals surface area (Å²) in [6.07, 6.45) is 2.50. The van der Waals surface area contributed by atoms with Crippen molar-refractivity contribution in [3.63, 3.8) is 0 Å². The summed E-state index contributed by atoms with van der Waals surface area (Å²) in [5.41, 5.74) is 0.290. The zero-order chi connectivity index (χ0) is 14.9. The fraction of sp³-hybridized carbons (Fsp3) is 0.562. The highest BCUT2D eigenvalue weighted by Crippen LogP contribution is 2.43. The van der Waals surface area contributed by atoms with Crippen molar-refractivity contribution in [1.82, 2.24) is 0 Å². The van der Waals surface area contributed by atoms with Gasteiger partial charge in [0.05, 0.1) is 7.11 Å². The molecule has 20 heavy (non-hydrogen) atoms. The number of aliphatic hydroxyl groups is 1. The van der Waals surface area contributed by atoms with Crippen molar-refractivity contribution < 1.29 is 19.7 Å². The number of rotatable bonds is 4. The molecule has 0 radical (unpaired) electrons. The second-order valence-electron chi connectivity index (χ2n) is 5.79. The highest BCUT2D eigenvalue weighted by Gasteiger charge is 2.48. The Morgan fingerprint density at radius 1 is 1.45 bits per heavy atom. The molecule has 1 aliphatic rings. The van der Waals surface area contributed by atoms with Crippen LogP contribution in [0.25, 0.3) is 0 Å². The van der Waals surface area contributed by atoms with E-state index in [4.69, 9.17) is 4.74 Å². The topological polar surface area (TPSA) is 66.8 Å². The first-order valence-electron chi connectivity index (χ1n) is 7.03. The van der Waals surface area contributed by atoms with Gasteiger partial charge in [0.25, 0.3) is 0 Å². The van der Waals surface area contributed by atoms with Crippen LogP contribution in [0.3, 0.4) is 0 Å². The van der Waals surface area contributed by atoms with Crippen LogP contribution >= 0.6 is 0 Å². The van der Waals surface area contributed by atoms with Crippen molar-refractivity contribution in [3.05, 3.63) is 29.3 Å². The van der Waals surface area contributed by atoms with Gasteiger partial charge in [0.1, 0.15) is 5.75 Å². The summed E-state index contributed by atoms with van der Waals surface area (Å²) < 4.78 is 5.23. The van der Waals surface area contributed by atoms with Crippen molar-refractivity contribution in [2.45, 2.75) is 44.6 Å². The average Bonchev–Trinajstić information content (AvgIpc) is 2.44. The lowest BCUT2D eigenvalue weighted by Crippen LogP contribution is -2.50. The van der Waals surface area contributed by atoms with Crippen LogP contribution < -0.4 is 4.74 Å². The van der Waals surface area contributed by atoms with Gasteiger partial charge in [0, 0.05) is 5.92 Å². The Hall–Kier alpha value is -1.55. The van der Waals surface area contributed by atoms with E-state index in [2.05, 4.69) is 0 Å². The van der Waals surface area contributed by atoms with E-state index in [1.165, 1.54) is 0 Å². The van der Waals surface area contributed by atoms with Gasteiger partial charge < -0.3 is 14.9 Å². The lowest BCUT2D eigenvalue weighted by Gasteiger charge is -2.39. The van der Waals surface area contributed by atoms with Gasteiger partial charge in [-0.15, -0.1) is 0 Å². The zero-order valence-electron chi connectivity index (χ0n) is 12.2. The first kappa shape index (κ1) is 14.9. The first-order chi connectivity index (χ1) is 9.41. The van der Waals surface area contributed by atoms with Gasteiger partial charge in [-0.3, -0.25) is 0 Å². The maximum atomic E-state index is 11.6. The molecule has 0 heterocycles. The van der Waals surface area contributed by atoms with Gasteiger partial charge in [0.2, 0.25) is 0 Å². The van der Waals surface area contributed by atoms with Crippen LogP contribution in [-0.4, -0.2) is 28.9 Å². The zero-order valence-corrected chi connectivity index (χ0v) is 12.2. The number of aryl methyl sites for hydroxylation is 1. The largest absolute Gasteiger partial charge is 0.497 e. The van der Waals surface area contributed by atoms with Crippen LogP contribution in [0.1, 0.15) is 43.7 Å². The molecule has 0 saturated carbocycles. The molecular formula is C16H22O4.